The molecule has 1 saturated heterocycles. The van der Waals surface area contributed by atoms with Crippen molar-refractivity contribution in [3.8, 4) is 5.75 Å². The first-order valence-electron chi connectivity index (χ1n) is 6.37. The van der Waals surface area contributed by atoms with Crippen LogP contribution in [0.5, 0.6) is 5.75 Å². The van der Waals surface area contributed by atoms with Crippen molar-refractivity contribution in [1.29, 1.82) is 0 Å². The van der Waals surface area contributed by atoms with Gasteiger partial charge in [-0.3, -0.25) is 9.59 Å². The summed E-state index contributed by atoms with van der Waals surface area (Å²) in [5.74, 6) is -0.831. The number of hydrogen-bond donors (Lipinski definition) is 1. The Labute approximate surface area is 129 Å². The maximum absolute atomic E-state index is 13.2. The molecule has 110 valence electrons. The fourth-order valence-corrected chi connectivity index (χ4v) is 2.88. The molecule has 0 unspecified atom stereocenters. The molecular weight excluding hydrogens is 305 g/mol. The highest BCUT2D eigenvalue weighted by molar-refractivity contribution is 8.19. The Balaban J connectivity index is 1.93. The fraction of sp³-hybridized carbons (Fsp3) is 0. The number of phenolic OH excluding ortho intramolecular Hbond substituents is 1. The lowest BCUT2D eigenvalue weighted by atomic mass is 10.2. The van der Waals surface area contributed by atoms with E-state index in [9.17, 15) is 19.1 Å². The maximum atomic E-state index is 13.2. The van der Waals surface area contributed by atoms with Crippen molar-refractivity contribution in [2.24, 2.45) is 0 Å². The molecule has 0 spiro atoms. The van der Waals surface area contributed by atoms with Crippen LogP contribution in [0.3, 0.4) is 0 Å². The number of nitrogens with zero attached hydrogens (tertiary/aromatic N) is 1. The van der Waals surface area contributed by atoms with Crippen LogP contribution in [0.2, 0.25) is 0 Å². The summed E-state index contributed by atoms with van der Waals surface area (Å²) in [7, 11) is 0. The fourth-order valence-electron chi connectivity index (χ4n) is 2.04. The maximum Gasteiger partial charge on any atom is 0.298 e. The Hall–Kier alpha value is -2.60. The molecule has 2 amide bonds. The van der Waals surface area contributed by atoms with Crippen LogP contribution >= 0.6 is 11.8 Å². The SMILES string of the molecule is O=C1S/C(=C/c2cccc(F)c2)C(=O)N1c1ccc(O)cc1. The van der Waals surface area contributed by atoms with Gasteiger partial charge in [-0.1, -0.05) is 12.1 Å². The second-order valence-corrected chi connectivity index (χ2v) is 5.58. The van der Waals surface area contributed by atoms with Gasteiger partial charge in [0.25, 0.3) is 11.1 Å². The Kier molecular flexibility index (Phi) is 3.68. The van der Waals surface area contributed by atoms with Crippen molar-refractivity contribution >= 4 is 34.7 Å². The number of halogens is 1. The quantitative estimate of drug-likeness (QED) is 0.857. The molecule has 1 fully saturated rings. The number of amides is 2. The van der Waals surface area contributed by atoms with Crippen molar-refractivity contribution in [2.45, 2.75) is 0 Å². The Bertz CT molecular complexity index is 786. The average molecular weight is 315 g/mol. The number of carbonyl (C=O) groups excluding carboxylic acids is 2. The van der Waals surface area contributed by atoms with Crippen molar-refractivity contribution in [1.82, 2.24) is 0 Å². The molecule has 4 nitrogen and oxygen atoms in total. The largest absolute Gasteiger partial charge is 0.508 e. The van der Waals surface area contributed by atoms with Crippen LogP contribution in [0, 0.1) is 5.82 Å². The standard InChI is InChI=1S/C16H10FNO3S/c17-11-3-1-2-10(8-11)9-14-15(20)18(16(21)22-14)12-4-6-13(19)7-5-12/h1-9,19H/b14-9+. The lowest BCUT2D eigenvalue weighted by molar-refractivity contribution is -0.113. The highest BCUT2D eigenvalue weighted by atomic mass is 32.2. The van der Waals surface area contributed by atoms with Gasteiger partial charge >= 0.3 is 0 Å². The van der Waals surface area contributed by atoms with Gasteiger partial charge in [-0.15, -0.1) is 0 Å². The summed E-state index contributed by atoms with van der Waals surface area (Å²) in [6.07, 6.45) is 1.48. The second-order valence-electron chi connectivity index (χ2n) is 4.59. The third kappa shape index (κ3) is 2.73. The monoisotopic (exact) mass is 315 g/mol. The van der Waals surface area contributed by atoms with Crippen LogP contribution in [0.25, 0.3) is 6.08 Å². The Morgan fingerprint density at radius 1 is 1.09 bits per heavy atom. The third-order valence-corrected chi connectivity index (χ3v) is 3.92. The van der Waals surface area contributed by atoms with E-state index in [0.29, 0.717) is 11.3 Å². The van der Waals surface area contributed by atoms with Gasteiger partial charge in [0.1, 0.15) is 11.6 Å². The average Bonchev–Trinajstić information content (AvgIpc) is 2.75. The van der Waals surface area contributed by atoms with E-state index in [-0.39, 0.29) is 10.7 Å². The molecule has 2 aromatic carbocycles. The molecular formula is C16H10FNO3S. The molecule has 0 aliphatic carbocycles. The summed E-state index contributed by atoms with van der Waals surface area (Å²) >= 11 is 0.795. The van der Waals surface area contributed by atoms with Gasteiger partial charge in [-0.2, -0.15) is 0 Å². The number of imide groups is 1. The van der Waals surface area contributed by atoms with Gasteiger partial charge in [-0.05, 0) is 59.8 Å². The number of carbonyl (C=O) groups is 2. The van der Waals surface area contributed by atoms with E-state index >= 15 is 0 Å². The first-order valence-corrected chi connectivity index (χ1v) is 7.19. The molecule has 0 aromatic heterocycles. The van der Waals surface area contributed by atoms with Crippen LogP contribution in [-0.4, -0.2) is 16.3 Å². The van der Waals surface area contributed by atoms with Gasteiger partial charge in [0.15, 0.2) is 0 Å². The lowest BCUT2D eigenvalue weighted by Crippen LogP contribution is -2.27. The van der Waals surface area contributed by atoms with Gasteiger partial charge in [0.2, 0.25) is 0 Å². The minimum absolute atomic E-state index is 0.0472. The van der Waals surface area contributed by atoms with Crippen LogP contribution in [0.15, 0.2) is 53.4 Å². The zero-order valence-corrected chi connectivity index (χ0v) is 12.0. The van der Waals surface area contributed by atoms with E-state index < -0.39 is 17.0 Å². The van der Waals surface area contributed by atoms with Crippen LogP contribution in [0.4, 0.5) is 14.9 Å². The number of hydrogen-bond acceptors (Lipinski definition) is 4. The molecule has 1 aliphatic rings. The zero-order valence-electron chi connectivity index (χ0n) is 11.2. The molecule has 6 heteroatoms. The predicted octanol–water partition coefficient (Wildman–Crippen LogP) is 3.77. The molecule has 1 N–H and O–H groups in total. The first-order chi connectivity index (χ1) is 10.5. The number of phenols is 1. The van der Waals surface area contributed by atoms with Gasteiger partial charge < -0.3 is 5.11 Å². The molecule has 2 aromatic rings. The molecule has 0 atom stereocenters. The Morgan fingerprint density at radius 2 is 1.82 bits per heavy atom. The third-order valence-electron chi connectivity index (χ3n) is 3.05. The summed E-state index contributed by atoms with van der Waals surface area (Å²) in [4.78, 5) is 25.6. The summed E-state index contributed by atoms with van der Waals surface area (Å²) in [6, 6.07) is 11.5. The second kappa shape index (κ2) is 5.65. The van der Waals surface area contributed by atoms with Crippen molar-refractivity contribution in [3.05, 3.63) is 64.8 Å². The van der Waals surface area contributed by atoms with Crippen molar-refractivity contribution < 1.29 is 19.1 Å². The van der Waals surface area contributed by atoms with E-state index in [0.717, 1.165) is 16.7 Å². The van der Waals surface area contributed by atoms with Crippen LogP contribution in [0.1, 0.15) is 5.56 Å². The number of benzene rings is 2. The van der Waals surface area contributed by atoms with Crippen LogP contribution in [-0.2, 0) is 4.79 Å². The molecule has 1 heterocycles. The highest BCUT2D eigenvalue weighted by Crippen LogP contribution is 2.36. The minimum atomic E-state index is -0.468. The highest BCUT2D eigenvalue weighted by Gasteiger charge is 2.36. The smallest absolute Gasteiger partial charge is 0.298 e. The number of anilines is 1. The predicted molar refractivity (Wildman–Crippen MR) is 83.0 cm³/mol. The molecule has 0 radical (unpaired) electrons. The number of aromatic hydroxyl groups is 1. The summed E-state index contributed by atoms with van der Waals surface area (Å²) in [6.45, 7) is 0. The summed E-state index contributed by atoms with van der Waals surface area (Å²) < 4.78 is 13.2. The number of rotatable bonds is 2. The first kappa shape index (κ1) is 14.3. The summed E-state index contributed by atoms with van der Waals surface area (Å²) in [5, 5.41) is 8.83. The molecule has 0 saturated carbocycles. The zero-order chi connectivity index (χ0) is 15.7. The van der Waals surface area contributed by atoms with E-state index in [1.54, 1.807) is 6.07 Å². The van der Waals surface area contributed by atoms with Crippen molar-refractivity contribution in [2.75, 3.05) is 4.90 Å². The van der Waals surface area contributed by atoms with Gasteiger partial charge in [0.05, 0.1) is 10.6 Å². The minimum Gasteiger partial charge on any atom is -0.508 e. The molecule has 3 rings (SSSR count). The summed E-state index contributed by atoms with van der Waals surface area (Å²) in [5.41, 5.74) is 0.888. The molecule has 0 bridgehead atoms. The van der Waals surface area contributed by atoms with E-state index in [1.165, 1.54) is 48.5 Å². The topological polar surface area (TPSA) is 57.6 Å². The van der Waals surface area contributed by atoms with Crippen molar-refractivity contribution in [3.63, 3.8) is 0 Å². The van der Waals surface area contributed by atoms with Crippen LogP contribution < -0.4 is 4.90 Å². The van der Waals surface area contributed by atoms with E-state index in [1.807, 2.05) is 0 Å². The number of thioether (sulfide) groups is 1. The van der Waals surface area contributed by atoms with E-state index in [4.69, 9.17) is 0 Å². The Morgan fingerprint density at radius 3 is 2.50 bits per heavy atom. The van der Waals surface area contributed by atoms with Gasteiger partial charge in [0, 0.05) is 0 Å². The van der Waals surface area contributed by atoms with Gasteiger partial charge in [-0.25, -0.2) is 9.29 Å². The molecule has 1 aliphatic heterocycles. The van der Waals surface area contributed by atoms with E-state index in [2.05, 4.69) is 0 Å². The normalized spacial score (nSPS) is 16.6. The lowest BCUT2D eigenvalue weighted by Gasteiger charge is -2.12. The molecule has 22 heavy (non-hydrogen) atoms.